The Bertz CT molecular complexity index is 428. The molecule has 0 amide bonds. The second-order valence-corrected chi connectivity index (χ2v) is 3.94. The van der Waals surface area contributed by atoms with Gasteiger partial charge < -0.3 is 14.2 Å². The first kappa shape index (κ1) is 10.3. The maximum atomic E-state index is 11.5. The largest absolute Gasteiger partial charge is 0.465 e. The second-order valence-electron chi connectivity index (χ2n) is 3.09. The molecular weight excluding hydrogens is 264 g/mol. The predicted octanol–water partition coefficient (Wildman–Crippen LogP) is 2.27. The van der Waals surface area contributed by atoms with Gasteiger partial charge in [0.1, 0.15) is 5.56 Å². The second kappa shape index (κ2) is 3.73. The summed E-state index contributed by atoms with van der Waals surface area (Å²) in [7, 11) is 1.33. The first-order valence-corrected chi connectivity index (χ1v) is 5.11. The standard InChI is InChI=1S/C10H9BrO4/c1-5-7(11)3-6(10(12)13-2)9-8(5)14-4-15-9/h3H,4H2,1-2H3. The van der Waals surface area contributed by atoms with Gasteiger partial charge in [-0.25, -0.2) is 4.79 Å². The SMILES string of the molecule is COC(=O)c1cc(Br)c(C)c2c1OCO2. The lowest BCUT2D eigenvalue weighted by Gasteiger charge is -2.07. The third kappa shape index (κ3) is 1.56. The third-order valence-electron chi connectivity index (χ3n) is 2.23. The summed E-state index contributed by atoms with van der Waals surface area (Å²) >= 11 is 3.35. The molecule has 0 atom stereocenters. The van der Waals surface area contributed by atoms with Crippen LogP contribution >= 0.6 is 15.9 Å². The summed E-state index contributed by atoms with van der Waals surface area (Å²) in [5.41, 5.74) is 1.29. The molecule has 1 aromatic carbocycles. The van der Waals surface area contributed by atoms with E-state index in [-0.39, 0.29) is 6.79 Å². The van der Waals surface area contributed by atoms with Crippen LogP contribution in [0.1, 0.15) is 15.9 Å². The van der Waals surface area contributed by atoms with Crippen molar-refractivity contribution in [2.45, 2.75) is 6.92 Å². The highest BCUT2D eigenvalue weighted by atomic mass is 79.9. The molecule has 0 spiro atoms. The first-order chi connectivity index (χ1) is 7.15. The molecule has 0 saturated carbocycles. The van der Waals surface area contributed by atoms with Crippen molar-refractivity contribution >= 4 is 21.9 Å². The van der Waals surface area contributed by atoms with Gasteiger partial charge in [0.25, 0.3) is 0 Å². The molecule has 0 unspecified atom stereocenters. The number of carbonyl (C=O) groups excluding carboxylic acids is 1. The zero-order chi connectivity index (χ0) is 11.0. The number of carbonyl (C=O) groups is 1. The molecule has 0 aliphatic carbocycles. The van der Waals surface area contributed by atoms with E-state index in [9.17, 15) is 4.79 Å². The molecule has 15 heavy (non-hydrogen) atoms. The first-order valence-electron chi connectivity index (χ1n) is 4.32. The number of hydrogen-bond acceptors (Lipinski definition) is 4. The molecule has 0 radical (unpaired) electrons. The minimum atomic E-state index is -0.433. The van der Waals surface area contributed by atoms with E-state index in [0.717, 1.165) is 10.0 Å². The highest BCUT2D eigenvalue weighted by Gasteiger charge is 2.26. The van der Waals surface area contributed by atoms with Gasteiger partial charge in [-0.1, -0.05) is 15.9 Å². The normalized spacial score (nSPS) is 12.7. The van der Waals surface area contributed by atoms with E-state index in [2.05, 4.69) is 20.7 Å². The molecule has 1 aliphatic heterocycles. The Morgan fingerprint density at radius 2 is 2.13 bits per heavy atom. The van der Waals surface area contributed by atoms with Gasteiger partial charge in [0.05, 0.1) is 7.11 Å². The van der Waals surface area contributed by atoms with Crippen molar-refractivity contribution in [2.75, 3.05) is 13.9 Å². The number of esters is 1. The number of halogens is 1. The van der Waals surface area contributed by atoms with Crippen LogP contribution in [0.15, 0.2) is 10.5 Å². The number of hydrogen-bond donors (Lipinski definition) is 0. The Morgan fingerprint density at radius 1 is 1.47 bits per heavy atom. The zero-order valence-corrected chi connectivity index (χ0v) is 9.88. The molecule has 0 fully saturated rings. The molecule has 4 nitrogen and oxygen atoms in total. The van der Waals surface area contributed by atoms with E-state index in [1.54, 1.807) is 6.07 Å². The molecule has 2 rings (SSSR count). The van der Waals surface area contributed by atoms with Crippen LogP contribution in [0.3, 0.4) is 0 Å². The maximum absolute atomic E-state index is 11.5. The fourth-order valence-electron chi connectivity index (χ4n) is 1.43. The van der Waals surface area contributed by atoms with Gasteiger partial charge in [0, 0.05) is 10.0 Å². The lowest BCUT2D eigenvalue weighted by Crippen LogP contribution is -2.03. The van der Waals surface area contributed by atoms with E-state index in [4.69, 9.17) is 9.47 Å². The smallest absolute Gasteiger partial charge is 0.341 e. The van der Waals surface area contributed by atoms with Crippen LogP contribution in [0.2, 0.25) is 0 Å². The molecule has 0 bridgehead atoms. The summed E-state index contributed by atoms with van der Waals surface area (Å²) in [4.78, 5) is 11.5. The van der Waals surface area contributed by atoms with Gasteiger partial charge in [-0.3, -0.25) is 0 Å². The van der Waals surface area contributed by atoms with Crippen molar-refractivity contribution in [2.24, 2.45) is 0 Å². The lowest BCUT2D eigenvalue weighted by molar-refractivity contribution is 0.0596. The topological polar surface area (TPSA) is 44.8 Å². The van der Waals surface area contributed by atoms with E-state index in [1.165, 1.54) is 7.11 Å². The summed E-state index contributed by atoms with van der Waals surface area (Å²) in [6.07, 6.45) is 0. The molecule has 5 heteroatoms. The number of ether oxygens (including phenoxy) is 3. The summed E-state index contributed by atoms with van der Waals surface area (Å²) in [5.74, 6) is 0.629. The van der Waals surface area contributed by atoms with Crippen LogP contribution in [0.4, 0.5) is 0 Å². The average molecular weight is 273 g/mol. The van der Waals surface area contributed by atoms with Crippen LogP contribution < -0.4 is 9.47 Å². The summed E-state index contributed by atoms with van der Waals surface area (Å²) in [6, 6.07) is 1.68. The van der Waals surface area contributed by atoms with E-state index in [1.807, 2.05) is 6.92 Å². The Labute approximate surface area is 95.3 Å². The lowest BCUT2D eigenvalue weighted by atomic mass is 10.1. The number of methoxy groups -OCH3 is 1. The van der Waals surface area contributed by atoms with Crippen LogP contribution in [-0.2, 0) is 4.74 Å². The minimum Gasteiger partial charge on any atom is -0.465 e. The Balaban J connectivity index is 2.62. The molecular formula is C10H9BrO4. The van der Waals surface area contributed by atoms with Crippen molar-refractivity contribution in [3.8, 4) is 11.5 Å². The third-order valence-corrected chi connectivity index (χ3v) is 3.06. The summed E-state index contributed by atoms with van der Waals surface area (Å²) in [5, 5.41) is 0. The monoisotopic (exact) mass is 272 g/mol. The predicted molar refractivity (Wildman–Crippen MR) is 56.3 cm³/mol. The van der Waals surface area contributed by atoms with Gasteiger partial charge in [-0.2, -0.15) is 0 Å². The van der Waals surface area contributed by atoms with Gasteiger partial charge in [-0.05, 0) is 13.0 Å². The fraction of sp³-hybridized carbons (Fsp3) is 0.300. The molecule has 80 valence electrons. The van der Waals surface area contributed by atoms with Crippen molar-refractivity contribution in [3.63, 3.8) is 0 Å². The zero-order valence-electron chi connectivity index (χ0n) is 8.30. The van der Waals surface area contributed by atoms with E-state index >= 15 is 0 Å². The molecule has 1 aliphatic rings. The highest BCUT2D eigenvalue weighted by Crippen LogP contribution is 2.42. The van der Waals surface area contributed by atoms with Crippen molar-refractivity contribution in [1.82, 2.24) is 0 Å². The molecule has 0 N–H and O–H groups in total. The van der Waals surface area contributed by atoms with E-state index < -0.39 is 5.97 Å². The maximum Gasteiger partial charge on any atom is 0.341 e. The van der Waals surface area contributed by atoms with Crippen LogP contribution in [0.5, 0.6) is 11.5 Å². The Hall–Kier alpha value is -1.23. The number of benzene rings is 1. The number of fused-ring (bicyclic) bond motifs is 1. The van der Waals surface area contributed by atoms with Gasteiger partial charge in [0.2, 0.25) is 6.79 Å². The van der Waals surface area contributed by atoms with Crippen molar-refractivity contribution < 1.29 is 19.0 Å². The quantitative estimate of drug-likeness (QED) is 0.736. The molecule has 1 aromatic rings. The molecule has 0 aromatic heterocycles. The number of rotatable bonds is 1. The van der Waals surface area contributed by atoms with Crippen molar-refractivity contribution in [1.29, 1.82) is 0 Å². The van der Waals surface area contributed by atoms with Crippen LogP contribution in [0.25, 0.3) is 0 Å². The minimum absolute atomic E-state index is 0.136. The summed E-state index contributed by atoms with van der Waals surface area (Å²) in [6.45, 7) is 2.02. The Morgan fingerprint density at radius 3 is 2.80 bits per heavy atom. The highest BCUT2D eigenvalue weighted by molar-refractivity contribution is 9.10. The van der Waals surface area contributed by atoms with Gasteiger partial charge in [0.15, 0.2) is 11.5 Å². The molecule has 0 saturated heterocycles. The van der Waals surface area contributed by atoms with Crippen molar-refractivity contribution in [3.05, 3.63) is 21.7 Å². The van der Waals surface area contributed by atoms with Crippen LogP contribution in [-0.4, -0.2) is 19.9 Å². The average Bonchev–Trinajstić information content (AvgIpc) is 2.71. The fourth-order valence-corrected chi connectivity index (χ4v) is 1.84. The van der Waals surface area contributed by atoms with Gasteiger partial charge in [-0.15, -0.1) is 0 Å². The van der Waals surface area contributed by atoms with Crippen LogP contribution in [0, 0.1) is 6.92 Å². The summed E-state index contributed by atoms with van der Waals surface area (Å²) < 4.78 is 16.0. The Kier molecular flexibility index (Phi) is 2.56. The van der Waals surface area contributed by atoms with Gasteiger partial charge >= 0.3 is 5.97 Å². The molecule has 1 heterocycles. The van der Waals surface area contributed by atoms with E-state index in [0.29, 0.717) is 17.1 Å².